The minimum absolute atomic E-state index is 0.231. The normalized spacial score (nSPS) is 23.3. The van der Waals surface area contributed by atoms with E-state index in [1.807, 2.05) is 6.07 Å². The van der Waals surface area contributed by atoms with Crippen LogP contribution in [0.1, 0.15) is 48.5 Å². The molecule has 5 nitrogen and oxygen atoms in total. The average Bonchev–Trinajstić information content (AvgIpc) is 2.60. The zero-order chi connectivity index (χ0) is 17.6. The monoisotopic (exact) mass is 330 g/mol. The average molecular weight is 330 g/mol. The molecule has 2 rings (SSSR count). The van der Waals surface area contributed by atoms with Gasteiger partial charge in [0.25, 0.3) is 5.91 Å². The Kier molecular flexibility index (Phi) is 6.15. The molecule has 130 valence electrons. The fraction of sp³-hybridized carbons (Fsp3) is 0.474. The van der Waals surface area contributed by atoms with Gasteiger partial charge in [-0.3, -0.25) is 9.59 Å². The number of nitrogens with one attached hydrogen (secondary N) is 2. The first-order valence-electron chi connectivity index (χ1n) is 8.42. The van der Waals surface area contributed by atoms with E-state index in [-0.39, 0.29) is 24.9 Å². The number of carbonyl (C=O) groups is 2. The topological polar surface area (TPSA) is 78.4 Å². The molecule has 24 heavy (non-hydrogen) atoms. The summed E-state index contributed by atoms with van der Waals surface area (Å²) in [4.78, 5) is 23.8. The summed E-state index contributed by atoms with van der Waals surface area (Å²) in [6.45, 7) is 6.11. The van der Waals surface area contributed by atoms with E-state index < -0.39 is 5.60 Å². The highest BCUT2D eigenvalue weighted by Crippen LogP contribution is 2.31. The summed E-state index contributed by atoms with van der Waals surface area (Å²) in [6.07, 6.45) is 4.59. The predicted octanol–water partition coefficient (Wildman–Crippen LogP) is 2.16. The van der Waals surface area contributed by atoms with E-state index in [1.54, 1.807) is 18.2 Å². The molecule has 0 radical (unpaired) electrons. The van der Waals surface area contributed by atoms with Crippen LogP contribution < -0.4 is 10.6 Å². The maximum absolute atomic E-state index is 12.5. The van der Waals surface area contributed by atoms with Crippen LogP contribution in [0.4, 0.5) is 0 Å². The van der Waals surface area contributed by atoms with Crippen molar-refractivity contribution >= 4 is 11.8 Å². The molecule has 1 aromatic carbocycles. The number of rotatable bonds is 6. The summed E-state index contributed by atoms with van der Waals surface area (Å²) in [5.74, 6) is 0.122. The highest BCUT2D eigenvalue weighted by atomic mass is 16.3. The zero-order valence-electron chi connectivity index (χ0n) is 14.2. The molecule has 0 spiro atoms. The van der Waals surface area contributed by atoms with Crippen LogP contribution in [0.2, 0.25) is 0 Å². The van der Waals surface area contributed by atoms with Crippen molar-refractivity contribution in [3.63, 3.8) is 0 Å². The first-order valence-corrected chi connectivity index (χ1v) is 8.42. The molecule has 1 aliphatic carbocycles. The highest BCUT2D eigenvalue weighted by Gasteiger charge is 2.32. The van der Waals surface area contributed by atoms with Crippen LogP contribution in [0, 0.1) is 5.92 Å². The minimum atomic E-state index is -0.811. The van der Waals surface area contributed by atoms with Gasteiger partial charge in [-0.05, 0) is 49.3 Å². The highest BCUT2D eigenvalue weighted by molar-refractivity contribution is 5.96. The number of amides is 2. The van der Waals surface area contributed by atoms with Crippen molar-refractivity contribution in [1.29, 1.82) is 0 Å². The molecule has 3 N–H and O–H groups in total. The van der Waals surface area contributed by atoms with Crippen molar-refractivity contribution in [2.24, 2.45) is 5.92 Å². The Labute approximate surface area is 143 Å². The van der Waals surface area contributed by atoms with Gasteiger partial charge in [-0.25, -0.2) is 0 Å². The maximum atomic E-state index is 12.5. The molecule has 0 bridgehead atoms. The zero-order valence-corrected chi connectivity index (χ0v) is 14.2. The standard InChI is InChI=1S/C19H26N2O3/c1-3-17(22)20-12-15-6-4-5-7-16(15)18(23)21-13-19(24)10-8-14(2)9-11-19/h3-7,14,24H,1,8-13H2,2H3,(H,20,22)(H,21,23). The first kappa shape index (κ1) is 18.2. The van der Waals surface area contributed by atoms with Gasteiger partial charge in [0.15, 0.2) is 0 Å². The predicted molar refractivity (Wildman–Crippen MR) is 93.4 cm³/mol. The van der Waals surface area contributed by atoms with Gasteiger partial charge in [-0.1, -0.05) is 31.7 Å². The Bertz CT molecular complexity index is 604. The summed E-state index contributed by atoms with van der Waals surface area (Å²) in [6, 6.07) is 7.12. The smallest absolute Gasteiger partial charge is 0.251 e. The van der Waals surface area contributed by atoms with Crippen LogP contribution >= 0.6 is 0 Å². The second-order valence-corrected chi connectivity index (χ2v) is 6.67. The second-order valence-electron chi connectivity index (χ2n) is 6.67. The first-order chi connectivity index (χ1) is 11.4. The van der Waals surface area contributed by atoms with Crippen molar-refractivity contribution in [3.8, 4) is 0 Å². The van der Waals surface area contributed by atoms with E-state index in [9.17, 15) is 14.7 Å². The number of aliphatic hydroxyl groups is 1. The molecule has 1 aromatic rings. The molecule has 1 saturated carbocycles. The third-order valence-corrected chi connectivity index (χ3v) is 4.68. The lowest BCUT2D eigenvalue weighted by molar-refractivity contribution is -0.116. The Morgan fingerprint density at radius 2 is 1.96 bits per heavy atom. The van der Waals surface area contributed by atoms with Gasteiger partial charge in [0.05, 0.1) is 5.60 Å². The van der Waals surface area contributed by atoms with E-state index in [1.165, 1.54) is 6.08 Å². The number of carbonyl (C=O) groups excluding carboxylic acids is 2. The van der Waals surface area contributed by atoms with Crippen molar-refractivity contribution in [2.75, 3.05) is 6.54 Å². The fourth-order valence-electron chi connectivity index (χ4n) is 2.97. The number of hydrogen-bond acceptors (Lipinski definition) is 3. The van der Waals surface area contributed by atoms with Gasteiger partial charge in [0, 0.05) is 18.7 Å². The summed E-state index contributed by atoms with van der Waals surface area (Å²) >= 11 is 0. The van der Waals surface area contributed by atoms with Crippen LogP contribution in [0.25, 0.3) is 0 Å². The van der Waals surface area contributed by atoms with Crippen molar-refractivity contribution in [1.82, 2.24) is 10.6 Å². The van der Waals surface area contributed by atoms with Crippen LogP contribution in [-0.2, 0) is 11.3 Å². The molecular formula is C19H26N2O3. The van der Waals surface area contributed by atoms with Crippen LogP contribution in [0.15, 0.2) is 36.9 Å². The van der Waals surface area contributed by atoms with E-state index >= 15 is 0 Å². The van der Waals surface area contributed by atoms with Gasteiger partial charge in [0.2, 0.25) is 5.91 Å². The van der Waals surface area contributed by atoms with Gasteiger partial charge in [0.1, 0.15) is 0 Å². The summed E-state index contributed by atoms with van der Waals surface area (Å²) in [5, 5.41) is 16.1. The lowest BCUT2D eigenvalue weighted by atomic mass is 9.79. The number of hydrogen-bond donors (Lipinski definition) is 3. The Hall–Kier alpha value is -2.14. The SMILES string of the molecule is C=CC(=O)NCc1ccccc1C(=O)NCC1(O)CCC(C)CC1. The second kappa shape index (κ2) is 8.11. The Morgan fingerprint density at radius 1 is 1.29 bits per heavy atom. The molecule has 5 heteroatoms. The third-order valence-electron chi connectivity index (χ3n) is 4.68. The van der Waals surface area contributed by atoms with E-state index in [0.717, 1.165) is 18.4 Å². The van der Waals surface area contributed by atoms with Crippen LogP contribution in [0.5, 0.6) is 0 Å². The summed E-state index contributed by atoms with van der Waals surface area (Å²) < 4.78 is 0. The van der Waals surface area contributed by atoms with Gasteiger partial charge < -0.3 is 15.7 Å². The van der Waals surface area contributed by atoms with E-state index in [0.29, 0.717) is 24.3 Å². The Balaban J connectivity index is 1.97. The van der Waals surface area contributed by atoms with Crippen molar-refractivity contribution in [2.45, 2.75) is 44.8 Å². The van der Waals surface area contributed by atoms with E-state index in [2.05, 4.69) is 24.1 Å². The molecule has 0 aromatic heterocycles. The quantitative estimate of drug-likeness (QED) is 0.700. The molecule has 1 fully saturated rings. The molecule has 1 aliphatic rings. The third kappa shape index (κ3) is 4.93. The van der Waals surface area contributed by atoms with E-state index in [4.69, 9.17) is 0 Å². The van der Waals surface area contributed by atoms with Crippen LogP contribution in [0.3, 0.4) is 0 Å². The molecule has 0 unspecified atom stereocenters. The minimum Gasteiger partial charge on any atom is -0.388 e. The molecule has 0 saturated heterocycles. The molecule has 0 aliphatic heterocycles. The lowest BCUT2D eigenvalue weighted by Crippen LogP contribution is -2.45. The van der Waals surface area contributed by atoms with Gasteiger partial charge >= 0.3 is 0 Å². The summed E-state index contributed by atoms with van der Waals surface area (Å²) in [7, 11) is 0. The summed E-state index contributed by atoms with van der Waals surface area (Å²) in [5.41, 5.74) is 0.429. The van der Waals surface area contributed by atoms with Gasteiger partial charge in [-0.2, -0.15) is 0 Å². The molecular weight excluding hydrogens is 304 g/mol. The largest absolute Gasteiger partial charge is 0.388 e. The molecule has 0 atom stereocenters. The fourth-order valence-corrected chi connectivity index (χ4v) is 2.97. The van der Waals surface area contributed by atoms with Gasteiger partial charge in [-0.15, -0.1) is 0 Å². The molecule has 0 heterocycles. The molecule has 2 amide bonds. The Morgan fingerprint density at radius 3 is 2.62 bits per heavy atom. The number of benzene rings is 1. The maximum Gasteiger partial charge on any atom is 0.251 e. The van der Waals surface area contributed by atoms with Crippen LogP contribution in [-0.4, -0.2) is 29.1 Å². The van der Waals surface area contributed by atoms with Crippen molar-refractivity contribution in [3.05, 3.63) is 48.0 Å². The lowest BCUT2D eigenvalue weighted by Gasteiger charge is -2.35. The van der Waals surface area contributed by atoms with Crippen molar-refractivity contribution < 1.29 is 14.7 Å².